The molecule has 0 aromatic carbocycles. The maximum Gasteiger partial charge on any atom is 0.249 e. The molecule has 0 aliphatic rings. The second-order valence-electron chi connectivity index (χ2n) is 1.01. The van der Waals surface area contributed by atoms with Gasteiger partial charge in [0.25, 0.3) is 0 Å². The molecule has 0 heterocycles. The summed E-state index contributed by atoms with van der Waals surface area (Å²) in [5, 5.41) is 7.83. The number of amides is 1. The van der Waals surface area contributed by atoms with Gasteiger partial charge in [-0.1, -0.05) is 0 Å². The van der Waals surface area contributed by atoms with Crippen LogP contribution in [-0.2, 0) is 4.79 Å². The molecular formula is C3H5N3O. The van der Waals surface area contributed by atoms with Crippen molar-refractivity contribution in [1.29, 1.82) is 5.26 Å². The van der Waals surface area contributed by atoms with Crippen LogP contribution < -0.4 is 11.5 Å². The molecule has 0 spiro atoms. The van der Waals surface area contributed by atoms with Crippen LogP contribution in [0, 0.1) is 11.3 Å². The molecule has 4 heteroatoms. The van der Waals surface area contributed by atoms with Crippen LogP contribution in [0.2, 0.25) is 0 Å². The highest BCUT2D eigenvalue weighted by atomic mass is 16.1. The number of carbonyl (C=O) groups is 1. The number of primary amides is 1. The Morgan fingerprint density at radius 2 is 2.29 bits per heavy atom. The van der Waals surface area contributed by atoms with Crippen LogP contribution in [-0.4, -0.2) is 11.9 Å². The summed E-state index contributed by atoms with van der Waals surface area (Å²) in [6.07, 6.45) is 0. The van der Waals surface area contributed by atoms with Crippen molar-refractivity contribution in [2.45, 2.75) is 6.04 Å². The lowest BCUT2D eigenvalue weighted by molar-refractivity contribution is -0.118. The second-order valence-corrected chi connectivity index (χ2v) is 1.01. The first-order valence-electron chi connectivity index (χ1n) is 1.63. The summed E-state index contributed by atoms with van der Waals surface area (Å²) in [5.74, 6) is -0.789. The molecule has 0 radical (unpaired) electrons. The molecule has 4 nitrogen and oxygen atoms in total. The highest BCUT2D eigenvalue weighted by molar-refractivity contribution is 5.82. The van der Waals surface area contributed by atoms with Gasteiger partial charge < -0.3 is 11.5 Å². The molecule has 0 aliphatic heterocycles. The summed E-state index contributed by atoms with van der Waals surface area (Å²) in [5.41, 5.74) is 9.34. The Labute approximate surface area is 40.7 Å². The largest absolute Gasteiger partial charge is 0.367 e. The van der Waals surface area contributed by atoms with Crippen LogP contribution in [0.15, 0.2) is 0 Å². The molecule has 1 amide bonds. The summed E-state index contributed by atoms with van der Waals surface area (Å²) in [4.78, 5) is 9.81. The van der Waals surface area contributed by atoms with Gasteiger partial charge in [0.1, 0.15) is 0 Å². The molecule has 0 aliphatic carbocycles. The van der Waals surface area contributed by atoms with Crippen molar-refractivity contribution in [3.63, 3.8) is 0 Å². The Morgan fingerprint density at radius 1 is 1.86 bits per heavy atom. The number of rotatable bonds is 1. The van der Waals surface area contributed by atoms with Crippen molar-refractivity contribution in [3.8, 4) is 6.07 Å². The predicted octanol–water partition coefficient (Wildman–Crippen LogP) is -1.68. The zero-order valence-electron chi connectivity index (χ0n) is 3.59. The molecule has 0 aromatic heterocycles. The summed E-state index contributed by atoms with van der Waals surface area (Å²) in [7, 11) is 0. The zero-order chi connectivity index (χ0) is 5.86. The van der Waals surface area contributed by atoms with E-state index in [2.05, 4.69) is 5.73 Å². The molecule has 0 saturated heterocycles. The van der Waals surface area contributed by atoms with E-state index in [0.717, 1.165) is 0 Å². The first-order chi connectivity index (χ1) is 3.18. The first-order valence-corrected chi connectivity index (χ1v) is 1.63. The number of hydrogen-bond donors (Lipinski definition) is 2. The van der Waals surface area contributed by atoms with Crippen LogP contribution in [0.1, 0.15) is 0 Å². The number of nitrogens with two attached hydrogens (primary N) is 2. The Kier molecular flexibility index (Phi) is 1.82. The normalized spacial score (nSPS) is 12.0. The molecule has 38 valence electrons. The fourth-order valence-electron chi connectivity index (χ4n) is 0.0636. The van der Waals surface area contributed by atoms with Gasteiger partial charge in [-0.3, -0.25) is 4.79 Å². The SMILES string of the molecule is N#C[C@@H](N)C(N)=O. The van der Waals surface area contributed by atoms with E-state index in [1.54, 1.807) is 0 Å². The molecule has 0 saturated carbocycles. The Hall–Kier alpha value is -1.08. The third-order valence-corrected chi connectivity index (χ3v) is 0.446. The van der Waals surface area contributed by atoms with Crippen molar-refractivity contribution in [2.24, 2.45) is 11.5 Å². The zero-order valence-corrected chi connectivity index (χ0v) is 3.59. The maximum absolute atomic E-state index is 9.81. The number of carbonyl (C=O) groups excluding carboxylic acids is 1. The summed E-state index contributed by atoms with van der Waals surface area (Å²) in [6, 6.07) is 0.315. The van der Waals surface area contributed by atoms with E-state index >= 15 is 0 Å². The van der Waals surface area contributed by atoms with E-state index in [0.29, 0.717) is 0 Å². The van der Waals surface area contributed by atoms with E-state index in [1.165, 1.54) is 6.07 Å². The van der Waals surface area contributed by atoms with E-state index in [1.807, 2.05) is 0 Å². The molecule has 4 N–H and O–H groups in total. The van der Waals surface area contributed by atoms with E-state index < -0.39 is 11.9 Å². The summed E-state index contributed by atoms with van der Waals surface area (Å²) in [6.45, 7) is 0. The van der Waals surface area contributed by atoms with Crippen molar-refractivity contribution in [1.82, 2.24) is 0 Å². The Bertz CT molecular complexity index is 114. The molecule has 0 aromatic rings. The number of nitrogens with zero attached hydrogens (tertiary/aromatic N) is 1. The molecule has 0 rings (SSSR count). The van der Waals surface area contributed by atoms with E-state index in [9.17, 15) is 4.79 Å². The number of hydrogen-bond acceptors (Lipinski definition) is 3. The molecule has 0 bridgehead atoms. The quantitative estimate of drug-likeness (QED) is 0.411. The lowest BCUT2D eigenvalue weighted by Gasteiger charge is -1.88. The maximum atomic E-state index is 9.81. The van der Waals surface area contributed by atoms with Gasteiger partial charge in [-0.05, 0) is 0 Å². The summed E-state index contributed by atoms with van der Waals surface area (Å²) < 4.78 is 0. The predicted molar refractivity (Wildman–Crippen MR) is 22.8 cm³/mol. The summed E-state index contributed by atoms with van der Waals surface area (Å²) >= 11 is 0. The molecule has 1 atom stereocenters. The Balaban J connectivity index is 3.63. The van der Waals surface area contributed by atoms with E-state index in [4.69, 9.17) is 11.0 Å². The van der Waals surface area contributed by atoms with Crippen molar-refractivity contribution < 1.29 is 4.79 Å². The minimum atomic E-state index is -1.15. The van der Waals surface area contributed by atoms with Crippen LogP contribution in [0.3, 0.4) is 0 Å². The fourth-order valence-corrected chi connectivity index (χ4v) is 0.0636. The fraction of sp³-hybridized carbons (Fsp3) is 0.333. The minimum absolute atomic E-state index is 0.789. The molecule has 7 heavy (non-hydrogen) atoms. The van der Waals surface area contributed by atoms with Gasteiger partial charge in [0, 0.05) is 0 Å². The number of nitriles is 1. The van der Waals surface area contributed by atoms with Gasteiger partial charge in [0.15, 0.2) is 6.04 Å². The van der Waals surface area contributed by atoms with Crippen LogP contribution >= 0.6 is 0 Å². The third-order valence-electron chi connectivity index (χ3n) is 0.446. The average Bonchev–Trinajstić information content (AvgIpc) is 1.65. The molecular weight excluding hydrogens is 94.1 g/mol. The topological polar surface area (TPSA) is 92.9 Å². The molecule has 0 fully saturated rings. The first kappa shape index (κ1) is 5.92. The molecule has 0 unspecified atom stereocenters. The monoisotopic (exact) mass is 99.0 g/mol. The van der Waals surface area contributed by atoms with Crippen LogP contribution in [0.5, 0.6) is 0 Å². The average molecular weight is 99.1 g/mol. The van der Waals surface area contributed by atoms with Gasteiger partial charge in [-0.15, -0.1) is 0 Å². The standard InChI is InChI=1S/C3H5N3O/c4-1-2(5)3(6)7/h2H,5H2,(H2,6,7)/t2-/m1/s1. The smallest absolute Gasteiger partial charge is 0.249 e. The lowest BCUT2D eigenvalue weighted by atomic mass is 10.3. The highest BCUT2D eigenvalue weighted by Crippen LogP contribution is 1.65. The Morgan fingerprint density at radius 3 is 2.29 bits per heavy atom. The lowest BCUT2D eigenvalue weighted by Crippen LogP contribution is -2.34. The van der Waals surface area contributed by atoms with Crippen LogP contribution in [0.4, 0.5) is 0 Å². The van der Waals surface area contributed by atoms with E-state index in [-0.39, 0.29) is 0 Å². The van der Waals surface area contributed by atoms with Crippen molar-refractivity contribution >= 4 is 5.91 Å². The van der Waals surface area contributed by atoms with Gasteiger partial charge >= 0.3 is 0 Å². The van der Waals surface area contributed by atoms with Gasteiger partial charge in [-0.2, -0.15) is 5.26 Å². The third kappa shape index (κ3) is 1.73. The van der Waals surface area contributed by atoms with Gasteiger partial charge in [0.05, 0.1) is 6.07 Å². The van der Waals surface area contributed by atoms with Crippen molar-refractivity contribution in [3.05, 3.63) is 0 Å². The minimum Gasteiger partial charge on any atom is -0.367 e. The van der Waals surface area contributed by atoms with Gasteiger partial charge in [0.2, 0.25) is 5.91 Å². The van der Waals surface area contributed by atoms with Crippen molar-refractivity contribution in [2.75, 3.05) is 0 Å². The van der Waals surface area contributed by atoms with Crippen LogP contribution in [0.25, 0.3) is 0 Å². The second kappa shape index (κ2) is 2.16. The highest BCUT2D eigenvalue weighted by Gasteiger charge is 2.03. The van der Waals surface area contributed by atoms with Gasteiger partial charge in [-0.25, -0.2) is 0 Å².